The molecule has 0 bridgehead atoms. The van der Waals surface area contributed by atoms with E-state index in [-0.39, 0.29) is 0 Å². The van der Waals surface area contributed by atoms with E-state index in [0.29, 0.717) is 6.61 Å². The second-order valence-corrected chi connectivity index (χ2v) is 7.81. The number of quaternary nitrogens is 1. The summed E-state index contributed by atoms with van der Waals surface area (Å²) in [5.74, 6) is 0.842. The van der Waals surface area contributed by atoms with Gasteiger partial charge in [-0.2, -0.15) is 0 Å². The summed E-state index contributed by atoms with van der Waals surface area (Å²) >= 11 is 0. The molecule has 0 radical (unpaired) electrons. The van der Waals surface area contributed by atoms with Gasteiger partial charge in [0, 0.05) is 5.56 Å². The lowest BCUT2D eigenvalue weighted by Crippen LogP contribution is -2.53. The molecule has 0 unspecified atom stereocenters. The minimum Gasteiger partial charge on any atom is -0.491 e. The zero-order chi connectivity index (χ0) is 18.2. The van der Waals surface area contributed by atoms with Crippen molar-refractivity contribution in [3.8, 4) is 5.75 Å². The van der Waals surface area contributed by atoms with Crippen LogP contribution in [0.25, 0.3) is 0 Å². The molecule has 3 heteroatoms. The number of hydrogen-bond acceptors (Lipinski definition) is 2. The molecule has 0 aromatic heterocycles. The van der Waals surface area contributed by atoms with Crippen LogP contribution in [0.5, 0.6) is 5.75 Å². The average Bonchev–Trinajstić information content (AvgIpc) is 2.86. The molecule has 140 valence electrons. The van der Waals surface area contributed by atoms with Crippen molar-refractivity contribution in [3.05, 3.63) is 65.7 Å². The standard InChI is InChI=1S/C23H32NO2/c1-20-10-9-13-23(16-20)26-19-22(25)18-24(14-7-2-3-8-15-24)17-21-11-5-4-6-12-21/h4-6,9-13,16,22,25H,2-3,7-8,14-15,17-19H2,1H3/q+1/t22-/m0/s1. The molecule has 3 nitrogen and oxygen atoms in total. The van der Waals surface area contributed by atoms with Crippen LogP contribution >= 0.6 is 0 Å². The highest BCUT2D eigenvalue weighted by Crippen LogP contribution is 2.23. The molecule has 1 heterocycles. The second kappa shape index (κ2) is 9.20. The molecule has 1 saturated heterocycles. The molecule has 0 amide bonds. The van der Waals surface area contributed by atoms with Crippen LogP contribution in [0.3, 0.4) is 0 Å². The molecule has 0 aliphatic carbocycles. The molecular formula is C23H32NO2+. The maximum Gasteiger partial charge on any atom is 0.137 e. The quantitative estimate of drug-likeness (QED) is 0.750. The number of benzene rings is 2. The van der Waals surface area contributed by atoms with Crippen molar-refractivity contribution in [1.29, 1.82) is 0 Å². The minimum atomic E-state index is -0.447. The number of likely N-dealkylation sites (tertiary alicyclic amines) is 1. The highest BCUT2D eigenvalue weighted by Gasteiger charge is 2.31. The Morgan fingerprint density at radius 2 is 1.69 bits per heavy atom. The monoisotopic (exact) mass is 354 g/mol. The maximum atomic E-state index is 10.7. The molecule has 1 atom stereocenters. The third kappa shape index (κ3) is 5.58. The highest BCUT2D eigenvalue weighted by molar-refractivity contribution is 5.27. The molecule has 1 fully saturated rings. The first kappa shape index (κ1) is 18.9. The summed E-state index contributed by atoms with van der Waals surface area (Å²) in [4.78, 5) is 0. The largest absolute Gasteiger partial charge is 0.491 e. The molecule has 3 rings (SSSR count). The summed E-state index contributed by atoms with van der Waals surface area (Å²) in [7, 11) is 0. The number of aliphatic hydroxyl groups is 1. The molecule has 0 spiro atoms. The number of rotatable bonds is 7. The van der Waals surface area contributed by atoms with E-state index in [1.54, 1.807) is 0 Å². The molecule has 0 saturated carbocycles. The normalized spacial score (nSPS) is 18.1. The zero-order valence-electron chi connectivity index (χ0n) is 15.9. The predicted molar refractivity (Wildman–Crippen MR) is 106 cm³/mol. The summed E-state index contributed by atoms with van der Waals surface area (Å²) in [6.45, 7) is 6.48. The van der Waals surface area contributed by atoms with Crippen molar-refractivity contribution in [2.24, 2.45) is 0 Å². The van der Waals surface area contributed by atoms with Crippen molar-refractivity contribution < 1.29 is 14.3 Å². The Hall–Kier alpha value is -1.84. The molecule has 2 aromatic rings. The van der Waals surface area contributed by atoms with E-state index in [0.717, 1.165) is 36.4 Å². The van der Waals surface area contributed by atoms with Crippen LogP contribution in [-0.4, -0.2) is 41.9 Å². The minimum absolute atomic E-state index is 0.359. The third-order valence-electron chi connectivity index (χ3n) is 5.41. The first-order valence-corrected chi connectivity index (χ1v) is 9.92. The fourth-order valence-corrected chi connectivity index (χ4v) is 4.13. The van der Waals surface area contributed by atoms with Gasteiger partial charge in [-0.15, -0.1) is 0 Å². The Morgan fingerprint density at radius 3 is 2.38 bits per heavy atom. The number of hydrogen-bond donors (Lipinski definition) is 1. The highest BCUT2D eigenvalue weighted by atomic mass is 16.5. The Labute approximate surface area is 157 Å². The van der Waals surface area contributed by atoms with Crippen molar-refractivity contribution in [2.75, 3.05) is 26.2 Å². The van der Waals surface area contributed by atoms with Crippen molar-refractivity contribution >= 4 is 0 Å². The smallest absolute Gasteiger partial charge is 0.137 e. The van der Waals surface area contributed by atoms with Crippen LogP contribution in [0.2, 0.25) is 0 Å². The van der Waals surface area contributed by atoms with Gasteiger partial charge in [0.1, 0.15) is 31.5 Å². The fraction of sp³-hybridized carbons (Fsp3) is 0.478. The van der Waals surface area contributed by atoms with Crippen LogP contribution in [-0.2, 0) is 6.54 Å². The first-order valence-electron chi connectivity index (χ1n) is 9.92. The number of aryl methyl sites for hydroxylation is 1. The van der Waals surface area contributed by atoms with Crippen LogP contribution in [0.15, 0.2) is 54.6 Å². The van der Waals surface area contributed by atoms with Crippen molar-refractivity contribution in [3.63, 3.8) is 0 Å². The lowest BCUT2D eigenvalue weighted by atomic mass is 10.1. The Balaban J connectivity index is 1.64. The maximum absolute atomic E-state index is 10.7. The topological polar surface area (TPSA) is 29.5 Å². The first-order chi connectivity index (χ1) is 12.7. The zero-order valence-corrected chi connectivity index (χ0v) is 15.9. The summed E-state index contributed by atoms with van der Waals surface area (Å²) < 4.78 is 6.83. The molecule has 1 aliphatic heterocycles. The third-order valence-corrected chi connectivity index (χ3v) is 5.41. The van der Waals surface area contributed by atoms with Gasteiger partial charge in [-0.3, -0.25) is 0 Å². The molecule has 2 aromatic carbocycles. The van der Waals surface area contributed by atoms with Crippen LogP contribution < -0.4 is 4.74 Å². The number of nitrogens with zero attached hydrogens (tertiary/aromatic N) is 1. The lowest BCUT2D eigenvalue weighted by molar-refractivity contribution is -0.942. The van der Waals surface area contributed by atoms with Gasteiger partial charge in [0.15, 0.2) is 0 Å². The number of aliphatic hydroxyl groups excluding tert-OH is 1. The molecule has 26 heavy (non-hydrogen) atoms. The van der Waals surface area contributed by atoms with E-state index in [4.69, 9.17) is 4.74 Å². The van der Waals surface area contributed by atoms with Crippen LogP contribution in [0, 0.1) is 6.92 Å². The molecular weight excluding hydrogens is 322 g/mol. The summed E-state index contributed by atoms with van der Waals surface area (Å²) in [6.07, 6.45) is 4.67. The number of ether oxygens (including phenoxy) is 1. The van der Waals surface area contributed by atoms with Crippen LogP contribution in [0.1, 0.15) is 36.8 Å². The van der Waals surface area contributed by atoms with Crippen LogP contribution in [0.4, 0.5) is 0 Å². The molecule has 1 aliphatic rings. The van der Waals surface area contributed by atoms with Gasteiger partial charge in [0.25, 0.3) is 0 Å². The fourth-order valence-electron chi connectivity index (χ4n) is 4.13. The van der Waals surface area contributed by atoms with Gasteiger partial charge in [-0.1, -0.05) is 42.5 Å². The summed E-state index contributed by atoms with van der Waals surface area (Å²) in [5.41, 5.74) is 2.54. The second-order valence-electron chi connectivity index (χ2n) is 7.81. The van der Waals surface area contributed by atoms with E-state index in [9.17, 15) is 5.11 Å². The average molecular weight is 355 g/mol. The van der Waals surface area contributed by atoms with E-state index in [2.05, 4.69) is 43.3 Å². The van der Waals surface area contributed by atoms with E-state index in [1.807, 2.05) is 18.2 Å². The van der Waals surface area contributed by atoms with Gasteiger partial charge >= 0.3 is 0 Å². The Kier molecular flexibility index (Phi) is 6.70. The summed E-state index contributed by atoms with van der Waals surface area (Å²) in [5, 5.41) is 10.7. The van der Waals surface area contributed by atoms with Gasteiger partial charge in [-0.05, 0) is 50.3 Å². The SMILES string of the molecule is Cc1cccc(OC[C@@H](O)C[N+]2(Cc3ccccc3)CCCCCC2)c1. The van der Waals surface area contributed by atoms with Gasteiger partial charge < -0.3 is 14.3 Å². The van der Waals surface area contributed by atoms with Crippen molar-refractivity contribution in [1.82, 2.24) is 0 Å². The lowest BCUT2D eigenvalue weighted by Gasteiger charge is -2.39. The van der Waals surface area contributed by atoms with Gasteiger partial charge in [0.05, 0.1) is 13.1 Å². The van der Waals surface area contributed by atoms with E-state index >= 15 is 0 Å². The van der Waals surface area contributed by atoms with Gasteiger partial charge in [0.2, 0.25) is 0 Å². The Morgan fingerprint density at radius 1 is 0.962 bits per heavy atom. The van der Waals surface area contributed by atoms with Gasteiger partial charge in [-0.25, -0.2) is 0 Å². The predicted octanol–water partition coefficient (Wildman–Crippen LogP) is 4.33. The summed E-state index contributed by atoms with van der Waals surface area (Å²) in [6, 6.07) is 18.7. The van der Waals surface area contributed by atoms with E-state index in [1.165, 1.54) is 36.8 Å². The van der Waals surface area contributed by atoms with Crippen molar-refractivity contribution in [2.45, 2.75) is 45.3 Å². The van der Waals surface area contributed by atoms with E-state index < -0.39 is 6.10 Å². The Bertz CT molecular complexity index is 663. The molecule has 1 N–H and O–H groups in total.